The van der Waals surface area contributed by atoms with Crippen molar-refractivity contribution >= 4 is 24.2 Å². The van der Waals surface area contributed by atoms with Crippen LogP contribution in [0.15, 0.2) is 18.2 Å². The molecule has 0 aliphatic heterocycles. The maximum absolute atomic E-state index is 11.9. The lowest BCUT2D eigenvalue weighted by molar-refractivity contribution is -0.274. The Bertz CT molecular complexity index is 434. The molecule has 86 valence electrons. The molecule has 0 aromatic heterocycles. The molecule has 1 aromatic carbocycles. The van der Waals surface area contributed by atoms with Crippen molar-refractivity contribution in [2.45, 2.75) is 6.36 Å². The fourth-order valence-electron chi connectivity index (χ4n) is 0.929. The molecule has 0 spiro atoms. The van der Waals surface area contributed by atoms with Gasteiger partial charge in [0.2, 0.25) is 0 Å². The zero-order valence-electron chi connectivity index (χ0n) is 7.81. The van der Waals surface area contributed by atoms with Gasteiger partial charge in [0, 0.05) is 11.6 Å². The largest absolute Gasteiger partial charge is 0.573 e. The molecule has 0 unspecified atom stereocenters. The molecule has 0 bridgehead atoms. The average molecular weight is 267 g/mol. The molecule has 0 heterocycles. The van der Waals surface area contributed by atoms with Crippen LogP contribution in [0.4, 0.5) is 13.2 Å². The van der Waals surface area contributed by atoms with Gasteiger partial charge in [0.1, 0.15) is 5.75 Å². The van der Waals surface area contributed by atoms with Crippen molar-refractivity contribution in [1.29, 1.82) is 0 Å². The number of rotatable bonds is 1. The highest BCUT2D eigenvalue weighted by molar-refractivity contribution is 7.80. The van der Waals surface area contributed by atoms with E-state index in [0.717, 1.165) is 12.1 Å². The summed E-state index contributed by atoms with van der Waals surface area (Å²) >= 11 is 9.59. The Morgan fingerprint density at radius 2 is 2.06 bits per heavy atom. The van der Waals surface area contributed by atoms with Gasteiger partial charge in [0.15, 0.2) is 0 Å². The monoisotopic (exact) mass is 266 g/mol. The van der Waals surface area contributed by atoms with Crippen molar-refractivity contribution in [3.05, 3.63) is 28.8 Å². The van der Waals surface area contributed by atoms with Crippen molar-refractivity contribution in [2.75, 3.05) is 5.75 Å². The van der Waals surface area contributed by atoms with Crippen molar-refractivity contribution < 1.29 is 17.9 Å². The third-order valence-corrected chi connectivity index (χ3v) is 1.95. The second kappa shape index (κ2) is 5.37. The van der Waals surface area contributed by atoms with Crippen LogP contribution in [0.5, 0.6) is 5.75 Å². The van der Waals surface area contributed by atoms with Crippen LogP contribution < -0.4 is 4.74 Å². The number of halogens is 4. The first kappa shape index (κ1) is 13.1. The summed E-state index contributed by atoms with van der Waals surface area (Å²) in [6, 6.07) is 3.58. The van der Waals surface area contributed by atoms with Gasteiger partial charge in [-0.2, -0.15) is 12.6 Å². The predicted molar refractivity (Wildman–Crippen MR) is 58.9 cm³/mol. The van der Waals surface area contributed by atoms with Gasteiger partial charge in [0.05, 0.1) is 10.8 Å². The van der Waals surface area contributed by atoms with Gasteiger partial charge >= 0.3 is 6.36 Å². The van der Waals surface area contributed by atoms with E-state index in [-0.39, 0.29) is 10.8 Å². The highest BCUT2D eigenvalue weighted by Gasteiger charge is 2.31. The molecule has 0 aliphatic rings. The van der Waals surface area contributed by atoms with Gasteiger partial charge in [-0.05, 0) is 12.1 Å². The number of thiol groups is 1. The van der Waals surface area contributed by atoms with E-state index >= 15 is 0 Å². The Kier molecular flexibility index (Phi) is 4.39. The third-order valence-electron chi connectivity index (χ3n) is 1.48. The van der Waals surface area contributed by atoms with E-state index in [2.05, 4.69) is 29.2 Å². The third kappa shape index (κ3) is 4.25. The molecular formula is C10H6ClF3OS. The first-order valence-electron chi connectivity index (χ1n) is 4.07. The van der Waals surface area contributed by atoms with Crippen molar-refractivity contribution in [3.8, 4) is 17.6 Å². The smallest absolute Gasteiger partial charge is 0.406 e. The van der Waals surface area contributed by atoms with Crippen LogP contribution >= 0.6 is 24.2 Å². The molecule has 0 saturated heterocycles. The van der Waals surface area contributed by atoms with Gasteiger partial charge < -0.3 is 4.74 Å². The van der Waals surface area contributed by atoms with Crippen molar-refractivity contribution in [3.63, 3.8) is 0 Å². The summed E-state index contributed by atoms with van der Waals surface area (Å²) < 4.78 is 39.3. The zero-order chi connectivity index (χ0) is 12.2. The highest BCUT2D eigenvalue weighted by Crippen LogP contribution is 2.27. The van der Waals surface area contributed by atoms with Gasteiger partial charge in [-0.25, -0.2) is 0 Å². The van der Waals surface area contributed by atoms with Crippen LogP contribution in [-0.2, 0) is 0 Å². The number of alkyl halides is 3. The first-order valence-corrected chi connectivity index (χ1v) is 5.08. The van der Waals surface area contributed by atoms with Crippen LogP contribution in [0.1, 0.15) is 5.56 Å². The molecule has 0 fully saturated rings. The maximum Gasteiger partial charge on any atom is 0.573 e. The molecule has 0 amide bonds. The van der Waals surface area contributed by atoms with Crippen molar-refractivity contribution in [2.24, 2.45) is 0 Å². The topological polar surface area (TPSA) is 9.23 Å². The zero-order valence-corrected chi connectivity index (χ0v) is 9.46. The number of hydrogen-bond acceptors (Lipinski definition) is 2. The van der Waals surface area contributed by atoms with Gasteiger partial charge in [-0.15, -0.1) is 13.2 Å². The van der Waals surface area contributed by atoms with E-state index in [4.69, 9.17) is 11.6 Å². The second-order valence-electron chi connectivity index (χ2n) is 2.65. The SMILES string of the molecule is FC(F)(F)Oc1ccc(C#CCS)c(Cl)c1. The fourth-order valence-corrected chi connectivity index (χ4v) is 1.23. The van der Waals surface area contributed by atoms with Crippen LogP contribution in [-0.4, -0.2) is 12.1 Å². The summed E-state index contributed by atoms with van der Waals surface area (Å²) in [5.74, 6) is 5.27. The van der Waals surface area contributed by atoms with E-state index in [1.165, 1.54) is 6.07 Å². The van der Waals surface area contributed by atoms with Crippen molar-refractivity contribution in [1.82, 2.24) is 0 Å². The molecule has 16 heavy (non-hydrogen) atoms. The molecule has 0 atom stereocenters. The number of ether oxygens (including phenoxy) is 1. The standard InChI is InChI=1S/C10H6ClF3OS/c11-9-6-8(15-10(12,13)14)4-3-7(9)2-1-5-16/h3-4,6,16H,5H2. The minimum Gasteiger partial charge on any atom is -0.406 e. The lowest BCUT2D eigenvalue weighted by Crippen LogP contribution is -2.17. The van der Waals surface area contributed by atoms with E-state index in [0.29, 0.717) is 11.3 Å². The lowest BCUT2D eigenvalue weighted by Gasteiger charge is -2.09. The molecule has 0 saturated carbocycles. The number of hydrogen-bond donors (Lipinski definition) is 1. The molecule has 1 rings (SSSR count). The highest BCUT2D eigenvalue weighted by atomic mass is 35.5. The van der Waals surface area contributed by atoms with E-state index in [1.807, 2.05) is 0 Å². The van der Waals surface area contributed by atoms with E-state index in [1.54, 1.807) is 0 Å². The van der Waals surface area contributed by atoms with E-state index < -0.39 is 6.36 Å². The Labute approximate surface area is 101 Å². The quantitative estimate of drug-likeness (QED) is 0.604. The van der Waals surface area contributed by atoms with E-state index in [9.17, 15) is 13.2 Å². The summed E-state index contributed by atoms with van der Waals surface area (Å²) in [4.78, 5) is 0. The molecule has 0 radical (unpaired) electrons. The Hall–Kier alpha value is -0.990. The summed E-state index contributed by atoms with van der Waals surface area (Å²) in [5.41, 5.74) is 0.435. The average Bonchev–Trinajstić information content (AvgIpc) is 2.14. The molecular weight excluding hydrogens is 261 g/mol. The Balaban J connectivity index is 2.91. The first-order chi connectivity index (χ1) is 7.42. The Morgan fingerprint density at radius 1 is 1.38 bits per heavy atom. The lowest BCUT2D eigenvalue weighted by atomic mass is 10.2. The minimum atomic E-state index is -4.72. The molecule has 1 nitrogen and oxygen atoms in total. The van der Waals surface area contributed by atoms with Crippen LogP contribution in [0.25, 0.3) is 0 Å². The molecule has 0 N–H and O–H groups in total. The summed E-state index contributed by atoms with van der Waals surface area (Å²) in [5, 5.41) is 0.107. The van der Waals surface area contributed by atoms with Crippen LogP contribution in [0, 0.1) is 11.8 Å². The molecule has 6 heteroatoms. The summed E-state index contributed by atoms with van der Waals surface area (Å²) in [6.45, 7) is 0. The summed E-state index contributed by atoms with van der Waals surface area (Å²) in [6.07, 6.45) is -4.72. The predicted octanol–water partition coefficient (Wildman–Crippen LogP) is 3.52. The number of benzene rings is 1. The maximum atomic E-state index is 11.9. The molecule has 0 aliphatic carbocycles. The normalized spacial score (nSPS) is 10.6. The van der Waals surface area contributed by atoms with Crippen LogP contribution in [0.3, 0.4) is 0 Å². The van der Waals surface area contributed by atoms with Gasteiger partial charge in [-0.1, -0.05) is 23.4 Å². The minimum absolute atomic E-state index is 0.107. The fraction of sp³-hybridized carbons (Fsp3) is 0.200. The van der Waals surface area contributed by atoms with Crippen LogP contribution in [0.2, 0.25) is 5.02 Å². The van der Waals surface area contributed by atoms with Gasteiger partial charge in [0.25, 0.3) is 0 Å². The Morgan fingerprint density at radius 3 is 2.56 bits per heavy atom. The van der Waals surface area contributed by atoms with Gasteiger partial charge in [-0.3, -0.25) is 0 Å². The second-order valence-corrected chi connectivity index (χ2v) is 3.37. The summed E-state index contributed by atoms with van der Waals surface area (Å²) in [7, 11) is 0. The molecule has 1 aromatic rings.